The fourth-order valence-electron chi connectivity index (χ4n) is 2.75. The molecule has 146 valence electrons. The van der Waals surface area contributed by atoms with Crippen molar-refractivity contribution >= 4 is 33.2 Å². The number of anilines is 1. The van der Waals surface area contributed by atoms with Crippen LogP contribution in [0.25, 0.3) is 0 Å². The highest BCUT2D eigenvalue weighted by Gasteiger charge is 2.20. The molecule has 0 aliphatic heterocycles. The molecule has 2 rings (SSSR count). The van der Waals surface area contributed by atoms with E-state index >= 15 is 0 Å². The van der Waals surface area contributed by atoms with Crippen molar-refractivity contribution in [2.75, 3.05) is 17.6 Å². The number of carbonyl (C=O) groups is 1. The van der Waals surface area contributed by atoms with E-state index in [0.717, 1.165) is 22.5 Å². The number of carbonyl (C=O) groups excluding carboxylic acids is 1. The number of nitrogens with one attached hydrogen (secondary N) is 1. The lowest BCUT2D eigenvalue weighted by Crippen LogP contribution is -2.30. The highest BCUT2D eigenvalue weighted by Crippen LogP contribution is 2.26. The lowest BCUT2D eigenvalue weighted by Gasteiger charge is -2.22. The van der Waals surface area contributed by atoms with Gasteiger partial charge in [-0.25, -0.2) is 8.42 Å². The summed E-state index contributed by atoms with van der Waals surface area (Å²) in [6.45, 7) is 4.20. The lowest BCUT2D eigenvalue weighted by atomic mass is 9.96. The molecule has 2 aromatic carbocycles. The maximum absolute atomic E-state index is 12.8. The Morgan fingerprint density at radius 3 is 2.30 bits per heavy atom. The molecular formula is C20H25ClN2O3S. The average molecular weight is 409 g/mol. The number of halogens is 1. The first-order chi connectivity index (χ1) is 12.6. The van der Waals surface area contributed by atoms with Crippen LogP contribution in [-0.4, -0.2) is 27.6 Å². The van der Waals surface area contributed by atoms with Crippen molar-refractivity contribution in [2.24, 2.45) is 5.92 Å². The zero-order chi connectivity index (χ0) is 20.2. The molecule has 1 N–H and O–H groups in total. The Morgan fingerprint density at radius 1 is 1.15 bits per heavy atom. The molecule has 27 heavy (non-hydrogen) atoms. The molecule has 0 heterocycles. The first kappa shape index (κ1) is 21.3. The van der Waals surface area contributed by atoms with Crippen LogP contribution in [0.1, 0.15) is 42.2 Å². The molecule has 1 amide bonds. The van der Waals surface area contributed by atoms with Gasteiger partial charge in [0.25, 0.3) is 5.91 Å². The van der Waals surface area contributed by atoms with Crippen LogP contribution < -0.4 is 9.62 Å². The van der Waals surface area contributed by atoms with Gasteiger partial charge in [0.15, 0.2) is 0 Å². The molecule has 0 aliphatic carbocycles. The Bertz CT molecular complexity index is 899. The van der Waals surface area contributed by atoms with Crippen molar-refractivity contribution in [3.63, 3.8) is 0 Å². The molecule has 2 aromatic rings. The molecule has 0 saturated heterocycles. The van der Waals surface area contributed by atoms with Crippen molar-refractivity contribution < 1.29 is 13.2 Å². The zero-order valence-electron chi connectivity index (χ0n) is 15.9. The normalized spacial score (nSPS) is 12.7. The van der Waals surface area contributed by atoms with Crippen LogP contribution in [-0.2, 0) is 10.0 Å². The number of hydrogen-bond donors (Lipinski definition) is 1. The minimum absolute atomic E-state index is 0.131. The molecule has 1 atom stereocenters. The zero-order valence-corrected chi connectivity index (χ0v) is 17.5. The van der Waals surface area contributed by atoms with Crippen LogP contribution in [0.15, 0.2) is 48.5 Å². The van der Waals surface area contributed by atoms with E-state index in [4.69, 9.17) is 11.6 Å². The second kappa shape index (κ2) is 8.76. The monoisotopic (exact) mass is 408 g/mol. The fraction of sp³-hybridized carbons (Fsp3) is 0.350. The first-order valence-corrected chi connectivity index (χ1v) is 10.9. The fourth-order valence-corrected chi connectivity index (χ4v) is 3.50. The molecule has 0 bridgehead atoms. The predicted octanol–water partition coefficient (Wildman–Crippen LogP) is 4.25. The summed E-state index contributed by atoms with van der Waals surface area (Å²) in [4.78, 5) is 12.8. The Balaban J connectivity index is 2.25. The van der Waals surface area contributed by atoms with Gasteiger partial charge < -0.3 is 5.32 Å². The Kier molecular flexibility index (Phi) is 6.89. The summed E-state index contributed by atoms with van der Waals surface area (Å²) in [5.41, 5.74) is 1.75. The van der Waals surface area contributed by atoms with Crippen molar-refractivity contribution in [1.82, 2.24) is 5.32 Å². The Labute approximate surface area is 166 Å². The number of sulfonamides is 1. The molecule has 7 heteroatoms. The van der Waals surface area contributed by atoms with E-state index in [1.54, 1.807) is 12.1 Å². The minimum Gasteiger partial charge on any atom is -0.345 e. The van der Waals surface area contributed by atoms with E-state index in [-0.39, 0.29) is 17.0 Å². The molecule has 0 aliphatic rings. The first-order valence-electron chi connectivity index (χ1n) is 8.69. The molecule has 0 saturated carbocycles. The van der Waals surface area contributed by atoms with Gasteiger partial charge in [0, 0.05) is 7.05 Å². The van der Waals surface area contributed by atoms with Crippen LogP contribution in [0, 0.1) is 5.92 Å². The molecule has 0 radical (unpaired) electrons. The third-order valence-corrected chi connectivity index (χ3v) is 5.79. The number of rotatable bonds is 7. The number of nitrogens with zero attached hydrogens (tertiary/aromatic N) is 1. The summed E-state index contributed by atoms with van der Waals surface area (Å²) in [5.74, 6) is 0.111. The smallest absolute Gasteiger partial charge is 0.253 e. The lowest BCUT2D eigenvalue weighted by molar-refractivity contribution is 0.0932. The molecule has 0 aromatic heterocycles. The van der Waals surface area contributed by atoms with E-state index in [1.165, 1.54) is 13.1 Å². The van der Waals surface area contributed by atoms with Crippen LogP contribution in [0.4, 0.5) is 5.69 Å². The highest BCUT2D eigenvalue weighted by atomic mass is 35.5. The summed E-state index contributed by atoms with van der Waals surface area (Å²) in [5, 5.41) is 3.25. The highest BCUT2D eigenvalue weighted by molar-refractivity contribution is 7.92. The SMILES string of the molecule is CC(C)CC(NC(=O)c1ccc(N(C)S(C)(=O)=O)cc1Cl)c1ccccc1. The topological polar surface area (TPSA) is 66.5 Å². The Hall–Kier alpha value is -2.05. The van der Waals surface area contributed by atoms with E-state index in [9.17, 15) is 13.2 Å². The molecule has 0 spiro atoms. The molecule has 5 nitrogen and oxygen atoms in total. The van der Waals surface area contributed by atoms with Gasteiger partial charge in [0.05, 0.1) is 28.6 Å². The molecule has 0 fully saturated rings. The summed E-state index contributed by atoms with van der Waals surface area (Å²) in [6, 6.07) is 14.3. The van der Waals surface area contributed by atoms with Gasteiger partial charge in [-0.3, -0.25) is 9.10 Å². The summed E-state index contributed by atoms with van der Waals surface area (Å²) < 4.78 is 24.5. The van der Waals surface area contributed by atoms with Gasteiger partial charge in [-0.15, -0.1) is 0 Å². The van der Waals surface area contributed by atoms with E-state index < -0.39 is 10.0 Å². The van der Waals surface area contributed by atoms with Gasteiger partial charge >= 0.3 is 0 Å². The van der Waals surface area contributed by atoms with Crippen molar-refractivity contribution in [3.8, 4) is 0 Å². The maximum Gasteiger partial charge on any atom is 0.253 e. The van der Waals surface area contributed by atoms with Gasteiger partial charge in [-0.1, -0.05) is 55.8 Å². The summed E-state index contributed by atoms with van der Waals surface area (Å²) in [7, 11) is -1.96. The number of hydrogen-bond acceptors (Lipinski definition) is 3. The van der Waals surface area contributed by atoms with E-state index in [1.807, 2.05) is 30.3 Å². The standard InChI is InChI=1S/C20H25ClN2O3S/c1-14(2)12-19(15-8-6-5-7-9-15)22-20(24)17-11-10-16(13-18(17)21)23(3)27(4,25)26/h5-11,13-14,19H,12H2,1-4H3,(H,22,24). The Morgan fingerprint density at radius 2 is 1.78 bits per heavy atom. The van der Waals surface area contributed by atoms with Gasteiger partial charge in [0.2, 0.25) is 10.0 Å². The van der Waals surface area contributed by atoms with Crippen LogP contribution in [0.2, 0.25) is 5.02 Å². The maximum atomic E-state index is 12.8. The van der Waals surface area contributed by atoms with Gasteiger partial charge in [0.1, 0.15) is 0 Å². The van der Waals surface area contributed by atoms with Crippen LogP contribution >= 0.6 is 11.6 Å². The molecular weight excluding hydrogens is 384 g/mol. The third-order valence-electron chi connectivity index (χ3n) is 4.27. The van der Waals surface area contributed by atoms with Crippen molar-refractivity contribution in [1.29, 1.82) is 0 Å². The average Bonchev–Trinajstić information content (AvgIpc) is 2.59. The minimum atomic E-state index is -3.40. The predicted molar refractivity (Wildman–Crippen MR) is 111 cm³/mol. The number of benzene rings is 2. The van der Waals surface area contributed by atoms with Gasteiger partial charge in [-0.2, -0.15) is 0 Å². The van der Waals surface area contributed by atoms with Crippen molar-refractivity contribution in [2.45, 2.75) is 26.3 Å². The largest absolute Gasteiger partial charge is 0.345 e. The second-order valence-corrected chi connectivity index (χ2v) is 9.38. The third kappa shape index (κ3) is 5.71. The van der Waals surface area contributed by atoms with E-state index in [2.05, 4.69) is 19.2 Å². The second-order valence-electron chi connectivity index (χ2n) is 6.96. The number of amides is 1. The summed E-state index contributed by atoms with van der Waals surface area (Å²) >= 11 is 6.27. The molecule has 1 unspecified atom stereocenters. The van der Waals surface area contributed by atoms with Crippen molar-refractivity contribution in [3.05, 3.63) is 64.7 Å². The van der Waals surface area contributed by atoms with Crippen LogP contribution in [0.3, 0.4) is 0 Å². The van der Waals surface area contributed by atoms with Crippen LogP contribution in [0.5, 0.6) is 0 Å². The van der Waals surface area contributed by atoms with E-state index in [0.29, 0.717) is 17.2 Å². The quantitative estimate of drug-likeness (QED) is 0.744. The summed E-state index contributed by atoms with van der Waals surface area (Å²) in [6.07, 6.45) is 1.90. The van der Waals surface area contributed by atoms with Gasteiger partial charge in [-0.05, 0) is 36.1 Å².